The van der Waals surface area contributed by atoms with Crippen molar-refractivity contribution in [3.8, 4) is 0 Å². The minimum atomic E-state index is -0.187. The number of carbonyl (C=O) groups is 2. The van der Waals surface area contributed by atoms with Crippen molar-refractivity contribution in [3.63, 3.8) is 0 Å². The molecule has 0 saturated heterocycles. The Bertz CT molecular complexity index is 232. The molecule has 2 N–H and O–H groups in total. The summed E-state index contributed by atoms with van der Waals surface area (Å²) in [6.45, 7) is 5.39. The molecule has 0 bridgehead atoms. The van der Waals surface area contributed by atoms with E-state index in [-0.39, 0.29) is 50.3 Å². The Morgan fingerprint density at radius 3 is 1.00 bits per heavy atom. The average molecular weight is 264 g/mol. The summed E-state index contributed by atoms with van der Waals surface area (Å²) in [5.41, 5.74) is 0. The van der Waals surface area contributed by atoms with Crippen LogP contribution >= 0.6 is 0 Å². The molecule has 0 radical (unpaired) electrons. The van der Waals surface area contributed by atoms with Crippen LogP contribution in [0.2, 0.25) is 0 Å². The van der Waals surface area contributed by atoms with Crippen molar-refractivity contribution in [3.05, 3.63) is 23.7 Å². The molecule has 0 rings (SSSR count). The number of allylic oxidation sites excluding steroid dienone is 4. The molecule has 0 aliphatic heterocycles. The molecule has 0 saturated carbocycles. The van der Waals surface area contributed by atoms with E-state index in [0.29, 0.717) is 0 Å². The summed E-state index contributed by atoms with van der Waals surface area (Å²) in [5.74, 6) is -0.750. The van der Waals surface area contributed by atoms with E-state index in [9.17, 15) is 19.8 Å². The largest absolute Gasteiger partial charge is 2.00 e. The molecule has 0 aromatic heterocycles. The standard InChI is InChI=1S/2C5H8O2.H2O.Ti/c2*1-4(6)3-5(2)7;;/h2*3,6H,1-2H3;1H2;/q;;;+2/p-2. The summed E-state index contributed by atoms with van der Waals surface area (Å²) in [7, 11) is 0. The van der Waals surface area contributed by atoms with E-state index in [0.717, 1.165) is 12.2 Å². The van der Waals surface area contributed by atoms with Crippen molar-refractivity contribution >= 4 is 11.6 Å². The molecule has 0 unspecified atom stereocenters. The van der Waals surface area contributed by atoms with Crippen LogP contribution in [0.5, 0.6) is 0 Å². The first-order valence-electron chi connectivity index (χ1n) is 3.97. The van der Waals surface area contributed by atoms with Gasteiger partial charge in [-0.2, -0.15) is 0 Å². The fourth-order valence-corrected chi connectivity index (χ4v) is 0.572. The maximum atomic E-state index is 9.98. The van der Waals surface area contributed by atoms with Crippen LogP contribution in [0.4, 0.5) is 0 Å². The Morgan fingerprint density at radius 2 is 1.00 bits per heavy atom. The summed E-state index contributed by atoms with van der Waals surface area (Å²) in [6.07, 6.45) is 2.11. The van der Waals surface area contributed by atoms with Crippen molar-refractivity contribution in [2.24, 2.45) is 0 Å². The van der Waals surface area contributed by atoms with Gasteiger partial charge < -0.3 is 15.7 Å². The molecule has 16 heavy (non-hydrogen) atoms. The molecule has 6 heteroatoms. The van der Waals surface area contributed by atoms with Gasteiger partial charge in [0, 0.05) is 0 Å². The molecule has 0 heterocycles. The van der Waals surface area contributed by atoms with Crippen molar-refractivity contribution in [1.82, 2.24) is 0 Å². The van der Waals surface area contributed by atoms with Crippen LogP contribution in [0.3, 0.4) is 0 Å². The van der Waals surface area contributed by atoms with E-state index in [1.165, 1.54) is 27.7 Å². The van der Waals surface area contributed by atoms with E-state index < -0.39 is 0 Å². The number of ketones is 2. The zero-order chi connectivity index (χ0) is 11.7. The molecule has 0 spiro atoms. The van der Waals surface area contributed by atoms with Gasteiger partial charge in [-0.1, -0.05) is 13.8 Å². The second kappa shape index (κ2) is 14.1. The SMILES string of the molecule is CC(=O)C=C(C)[O-].CC(=O)C=C(C)[O-].O.[Ti+2]. The van der Waals surface area contributed by atoms with Crippen molar-refractivity contribution in [2.75, 3.05) is 0 Å². The number of hydrogen-bond donors (Lipinski definition) is 0. The number of carbonyl (C=O) groups excluding carboxylic acids is 2. The molecule has 5 nitrogen and oxygen atoms in total. The van der Waals surface area contributed by atoms with Gasteiger partial charge in [-0.3, -0.25) is 9.59 Å². The van der Waals surface area contributed by atoms with Gasteiger partial charge in [-0.15, -0.1) is 11.5 Å². The van der Waals surface area contributed by atoms with Gasteiger partial charge in [-0.05, 0) is 26.0 Å². The van der Waals surface area contributed by atoms with Gasteiger partial charge >= 0.3 is 21.7 Å². The average Bonchev–Trinajstić information content (AvgIpc) is 1.79. The predicted molar refractivity (Wildman–Crippen MR) is 52.5 cm³/mol. The van der Waals surface area contributed by atoms with Gasteiger partial charge in [-0.25, -0.2) is 0 Å². The molecule has 0 fully saturated rings. The van der Waals surface area contributed by atoms with Gasteiger partial charge in [0.05, 0.1) is 0 Å². The van der Waals surface area contributed by atoms with Crippen LogP contribution in [0, 0.1) is 0 Å². The minimum Gasteiger partial charge on any atom is -0.876 e. The third-order valence-electron chi connectivity index (χ3n) is 0.813. The monoisotopic (exact) mass is 264 g/mol. The maximum absolute atomic E-state index is 9.98. The van der Waals surface area contributed by atoms with Crippen LogP contribution in [0.25, 0.3) is 0 Å². The third kappa shape index (κ3) is 38.1. The van der Waals surface area contributed by atoms with Crippen LogP contribution in [-0.4, -0.2) is 17.0 Å². The summed E-state index contributed by atoms with van der Waals surface area (Å²) in [4.78, 5) is 20.0. The predicted octanol–water partition coefficient (Wildman–Crippen LogP) is -1.15. The first-order chi connectivity index (χ1) is 6.25. The first-order valence-corrected chi connectivity index (χ1v) is 3.97. The molecule has 0 aromatic carbocycles. The molecule has 0 aliphatic rings. The molecule has 0 aliphatic carbocycles. The Balaban J connectivity index is -0.0000000800. The third-order valence-corrected chi connectivity index (χ3v) is 0.813. The van der Waals surface area contributed by atoms with Crippen LogP contribution in [0.1, 0.15) is 27.7 Å². The Kier molecular flexibility index (Phi) is 21.5. The van der Waals surface area contributed by atoms with Crippen molar-refractivity contribution in [1.29, 1.82) is 0 Å². The smallest absolute Gasteiger partial charge is 0.876 e. The van der Waals surface area contributed by atoms with Crippen LogP contribution in [0.15, 0.2) is 23.7 Å². The topological polar surface area (TPSA) is 112 Å². The quantitative estimate of drug-likeness (QED) is 0.356. The van der Waals surface area contributed by atoms with Gasteiger partial charge in [0.1, 0.15) is 0 Å². The molecule has 0 atom stereocenters. The Labute approximate surface area is 110 Å². The molecular formula is C10H16O5Ti. The summed E-state index contributed by atoms with van der Waals surface area (Å²) in [6, 6.07) is 0. The summed E-state index contributed by atoms with van der Waals surface area (Å²) >= 11 is 0. The second-order valence-electron chi connectivity index (χ2n) is 2.73. The van der Waals surface area contributed by atoms with Crippen LogP contribution < -0.4 is 10.2 Å². The van der Waals surface area contributed by atoms with Gasteiger partial charge in [0.25, 0.3) is 0 Å². The Morgan fingerprint density at radius 1 is 0.812 bits per heavy atom. The number of rotatable bonds is 2. The Hall–Kier alpha value is -0.906. The maximum Gasteiger partial charge on any atom is 2.00 e. The van der Waals surface area contributed by atoms with Crippen molar-refractivity contribution < 1.29 is 47.0 Å². The molecular weight excluding hydrogens is 248 g/mol. The molecule has 0 amide bonds. The van der Waals surface area contributed by atoms with Gasteiger partial charge in [0.15, 0.2) is 11.6 Å². The summed E-state index contributed by atoms with van der Waals surface area (Å²) < 4.78 is 0. The van der Waals surface area contributed by atoms with Gasteiger partial charge in [0.2, 0.25) is 0 Å². The van der Waals surface area contributed by atoms with E-state index >= 15 is 0 Å². The zero-order valence-corrected chi connectivity index (χ0v) is 11.3. The normalized spacial score (nSPS) is 10.0. The summed E-state index contributed by atoms with van der Waals surface area (Å²) in [5, 5.41) is 20.0. The van der Waals surface area contributed by atoms with E-state index in [1.54, 1.807) is 0 Å². The fraction of sp³-hybridized carbons (Fsp3) is 0.400. The van der Waals surface area contributed by atoms with Crippen LogP contribution in [-0.2, 0) is 31.3 Å². The van der Waals surface area contributed by atoms with E-state index in [1.807, 2.05) is 0 Å². The fourth-order valence-electron chi connectivity index (χ4n) is 0.572. The van der Waals surface area contributed by atoms with E-state index in [4.69, 9.17) is 0 Å². The molecule has 0 aromatic rings. The zero-order valence-electron chi connectivity index (χ0n) is 9.79. The molecule has 90 valence electrons. The van der Waals surface area contributed by atoms with Crippen molar-refractivity contribution in [2.45, 2.75) is 27.7 Å². The second-order valence-corrected chi connectivity index (χ2v) is 2.73. The number of hydrogen-bond acceptors (Lipinski definition) is 4. The minimum absolute atomic E-state index is 0. The van der Waals surface area contributed by atoms with E-state index in [2.05, 4.69) is 0 Å². The first kappa shape index (κ1) is 24.4.